The highest BCUT2D eigenvalue weighted by molar-refractivity contribution is 5.75. The monoisotopic (exact) mass is 276 g/mol. The molecule has 0 radical (unpaired) electrons. The molecule has 0 aliphatic carbocycles. The van der Waals surface area contributed by atoms with Crippen molar-refractivity contribution in [2.45, 2.75) is 39.0 Å². The van der Waals surface area contributed by atoms with Gasteiger partial charge in [-0.2, -0.15) is 0 Å². The van der Waals surface area contributed by atoms with Gasteiger partial charge < -0.3 is 10.0 Å². The number of nitrogens with zero attached hydrogens (tertiary/aromatic N) is 2. The number of aliphatic carboxylic acids is 1. The third-order valence-electron chi connectivity index (χ3n) is 4.25. The number of likely N-dealkylation sites (tertiary alicyclic amines) is 1. The van der Waals surface area contributed by atoms with Crippen LogP contribution in [0.3, 0.4) is 0 Å². The van der Waals surface area contributed by atoms with Crippen LogP contribution in [0, 0.1) is 5.41 Å². The Hall–Kier alpha value is -1.42. The molecule has 0 spiro atoms. The lowest BCUT2D eigenvalue weighted by molar-refractivity contribution is -0.153. The molecule has 1 aliphatic rings. The van der Waals surface area contributed by atoms with E-state index in [2.05, 4.69) is 16.8 Å². The lowest BCUT2D eigenvalue weighted by atomic mass is 9.76. The molecule has 0 saturated carbocycles. The maximum absolute atomic E-state index is 11.6. The third kappa shape index (κ3) is 3.57. The molecule has 1 unspecified atom stereocenters. The Kier molecular flexibility index (Phi) is 5.12. The summed E-state index contributed by atoms with van der Waals surface area (Å²) in [6.07, 6.45) is 6.21. The first-order valence-electron chi connectivity index (χ1n) is 7.52. The van der Waals surface area contributed by atoms with Gasteiger partial charge >= 0.3 is 5.97 Å². The molecule has 2 rings (SSSR count). The Balaban J connectivity index is 1.94. The Morgan fingerprint density at radius 2 is 2.35 bits per heavy atom. The number of carboxylic acid groups (broad SMARTS) is 1. The van der Waals surface area contributed by atoms with Crippen LogP contribution in [-0.2, 0) is 11.2 Å². The number of hydrogen-bond donors (Lipinski definition) is 1. The minimum atomic E-state index is -0.623. The van der Waals surface area contributed by atoms with Gasteiger partial charge in [0, 0.05) is 31.4 Å². The van der Waals surface area contributed by atoms with Gasteiger partial charge in [0.25, 0.3) is 0 Å². The molecule has 110 valence electrons. The van der Waals surface area contributed by atoms with Gasteiger partial charge in [0.2, 0.25) is 0 Å². The highest BCUT2D eigenvalue weighted by Crippen LogP contribution is 2.35. The summed E-state index contributed by atoms with van der Waals surface area (Å²) in [5.74, 6) is -0.623. The van der Waals surface area contributed by atoms with E-state index < -0.39 is 11.4 Å². The Labute approximate surface area is 120 Å². The fourth-order valence-electron chi connectivity index (χ4n) is 3.20. The molecule has 1 fully saturated rings. The maximum atomic E-state index is 11.6. The van der Waals surface area contributed by atoms with Crippen LogP contribution in [0.1, 0.15) is 38.3 Å². The summed E-state index contributed by atoms with van der Waals surface area (Å²) in [5, 5.41) is 9.58. The van der Waals surface area contributed by atoms with Crippen molar-refractivity contribution >= 4 is 5.97 Å². The third-order valence-corrected chi connectivity index (χ3v) is 4.25. The SMILES string of the molecule is CCCC1(C(=O)O)CCCN(CCc2ccccn2)C1. The van der Waals surface area contributed by atoms with Gasteiger partial charge in [0.05, 0.1) is 5.41 Å². The minimum Gasteiger partial charge on any atom is -0.481 e. The van der Waals surface area contributed by atoms with Crippen LogP contribution in [0.2, 0.25) is 0 Å². The average Bonchev–Trinajstić information content (AvgIpc) is 2.47. The van der Waals surface area contributed by atoms with E-state index in [0.717, 1.165) is 50.9 Å². The van der Waals surface area contributed by atoms with Crippen LogP contribution >= 0.6 is 0 Å². The average molecular weight is 276 g/mol. The Morgan fingerprint density at radius 3 is 3.00 bits per heavy atom. The van der Waals surface area contributed by atoms with Gasteiger partial charge in [-0.1, -0.05) is 19.4 Å². The van der Waals surface area contributed by atoms with E-state index in [9.17, 15) is 9.90 Å². The number of rotatable bonds is 6. The molecule has 0 amide bonds. The van der Waals surface area contributed by atoms with E-state index in [1.54, 1.807) is 0 Å². The number of hydrogen-bond acceptors (Lipinski definition) is 3. The molecular formula is C16H24N2O2. The summed E-state index contributed by atoms with van der Waals surface area (Å²) in [7, 11) is 0. The molecule has 4 nitrogen and oxygen atoms in total. The largest absolute Gasteiger partial charge is 0.481 e. The zero-order valence-electron chi connectivity index (χ0n) is 12.2. The quantitative estimate of drug-likeness (QED) is 0.867. The Bertz CT molecular complexity index is 431. The van der Waals surface area contributed by atoms with Crippen molar-refractivity contribution in [3.05, 3.63) is 30.1 Å². The Morgan fingerprint density at radius 1 is 1.50 bits per heavy atom. The second-order valence-corrected chi connectivity index (χ2v) is 5.79. The summed E-state index contributed by atoms with van der Waals surface area (Å²) in [6.45, 7) is 4.65. The molecule has 1 aliphatic heterocycles. The number of carbonyl (C=O) groups is 1. The lowest BCUT2D eigenvalue weighted by Crippen LogP contribution is -2.48. The van der Waals surface area contributed by atoms with E-state index in [-0.39, 0.29) is 0 Å². The summed E-state index contributed by atoms with van der Waals surface area (Å²) in [5.41, 5.74) is 0.548. The van der Waals surface area contributed by atoms with Crippen LogP contribution in [0.25, 0.3) is 0 Å². The molecule has 1 saturated heterocycles. The number of pyridine rings is 1. The standard InChI is InChI=1S/C16H24N2O2/c1-2-8-16(15(19)20)9-5-11-18(13-16)12-7-14-6-3-4-10-17-14/h3-4,6,10H,2,5,7-9,11-13H2,1H3,(H,19,20). The molecular weight excluding hydrogens is 252 g/mol. The maximum Gasteiger partial charge on any atom is 0.310 e. The van der Waals surface area contributed by atoms with Gasteiger partial charge in [0.1, 0.15) is 0 Å². The first-order valence-corrected chi connectivity index (χ1v) is 7.52. The van der Waals surface area contributed by atoms with Crippen molar-refractivity contribution in [2.75, 3.05) is 19.6 Å². The van der Waals surface area contributed by atoms with Gasteiger partial charge in [-0.3, -0.25) is 9.78 Å². The molecule has 20 heavy (non-hydrogen) atoms. The minimum absolute atomic E-state index is 0.531. The second kappa shape index (κ2) is 6.84. The van der Waals surface area contributed by atoms with Crippen molar-refractivity contribution in [1.82, 2.24) is 9.88 Å². The molecule has 1 atom stereocenters. The van der Waals surface area contributed by atoms with Crippen LogP contribution < -0.4 is 0 Å². The summed E-state index contributed by atoms with van der Waals surface area (Å²) < 4.78 is 0. The predicted octanol–water partition coefficient (Wildman–Crippen LogP) is 2.59. The number of piperidine rings is 1. The normalized spacial score (nSPS) is 23.6. The van der Waals surface area contributed by atoms with Crippen molar-refractivity contribution in [3.63, 3.8) is 0 Å². The van der Waals surface area contributed by atoms with E-state index in [1.165, 1.54) is 0 Å². The van der Waals surface area contributed by atoms with Crippen LogP contribution in [0.4, 0.5) is 0 Å². The first kappa shape index (κ1) is 15.0. The molecule has 1 aromatic rings. The van der Waals surface area contributed by atoms with Crippen molar-refractivity contribution in [2.24, 2.45) is 5.41 Å². The zero-order chi connectivity index (χ0) is 14.4. The van der Waals surface area contributed by atoms with Gasteiger partial charge in [-0.25, -0.2) is 0 Å². The molecule has 0 bridgehead atoms. The highest BCUT2D eigenvalue weighted by atomic mass is 16.4. The molecule has 0 aromatic carbocycles. The fraction of sp³-hybridized carbons (Fsp3) is 0.625. The van der Waals surface area contributed by atoms with Crippen molar-refractivity contribution < 1.29 is 9.90 Å². The van der Waals surface area contributed by atoms with E-state index in [0.29, 0.717) is 6.54 Å². The van der Waals surface area contributed by atoms with Gasteiger partial charge in [-0.05, 0) is 37.9 Å². The molecule has 1 N–H and O–H groups in total. The van der Waals surface area contributed by atoms with Crippen molar-refractivity contribution in [1.29, 1.82) is 0 Å². The molecule has 2 heterocycles. The molecule has 4 heteroatoms. The van der Waals surface area contributed by atoms with Crippen LogP contribution in [0.5, 0.6) is 0 Å². The molecule has 1 aromatic heterocycles. The summed E-state index contributed by atoms with van der Waals surface area (Å²) in [4.78, 5) is 18.3. The fourth-order valence-corrected chi connectivity index (χ4v) is 3.20. The number of carboxylic acids is 1. The lowest BCUT2D eigenvalue weighted by Gasteiger charge is -2.40. The van der Waals surface area contributed by atoms with Gasteiger partial charge in [0.15, 0.2) is 0 Å². The van der Waals surface area contributed by atoms with E-state index in [4.69, 9.17) is 0 Å². The van der Waals surface area contributed by atoms with Crippen LogP contribution in [-0.4, -0.2) is 40.6 Å². The smallest absolute Gasteiger partial charge is 0.310 e. The summed E-state index contributed by atoms with van der Waals surface area (Å²) in [6, 6.07) is 5.94. The number of aromatic nitrogens is 1. The van der Waals surface area contributed by atoms with E-state index in [1.807, 2.05) is 24.4 Å². The highest BCUT2D eigenvalue weighted by Gasteiger charge is 2.41. The van der Waals surface area contributed by atoms with Gasteiger partial charge in [-0.15, -0.1) is 0 Å². The topological polar surface area (TPSA) is 53.4 Å². The zero-order valence-corrected chi connectivity index (χ0v) is 12.2. The summed E-state index contributed by atoms with van der Waals surface area (Å²) >= 11 is 0. The van der Waals surface area contributed by atoms with E-state index >= 15 is 0 Å². The second-order valence-electron chi connectivity index (χ2n) is 5.79. The first-order chi connectivity index (χ1) is 9.66. The van der Waals surface area contributed by atoms with Crippen molar-refractivity contribution in [3.8, 4) is 0 Å². The van der Waals surface area contributed by atoms with Crippen LogP contribution in [0.15, 0.2) is 24.4 Å². The predicted molar refractivity (Wildman–Crippen MR) is 78.6 cm³/mol.